The van der Waals surface area contributed by atoms with Gasteiger partial charge in [-0.15, -0.1) is 0 Å². The van der Waals surface area contributed by atoms with E-state index in [1.54, 1.807) is 0 Å². The van der Waals surface area contributed by atoms with Gasteiger partial charge in [-0.05, 0) is 23.7 Å². The summed E-state index contributed by atoms with van der Waals surface area (Å²) >= 11 is 0. The lowest BCUT2D eigenvalue weighted by Crippen LogP contribution is -2.58. The van der Waals surface area contributed by atoms with Crippen LogP contribution >= 0.6 is 0 Å². The monoisotopic (exact) mass is 396 g/mol. The Labute approximate surface area is 176 Å². The zero-order chi connectivity index (χ0) is 21.1. The van der Waals surface area contributed by atoms with E-state index in [0.29, 0.717) is 47.8 Å². The van der Waals surface area contributed by atoms with Crippen molar-refractivity contribution in [1.82, 2.24) is 21.3 Å². The Bertz CT molecular complexity index is 301. The summed E-state index contributed by atoms with van der Waals surface area (Å²) in [6.07, 6.45) is 4.90. The quantitative estimate of drug-likeness (QED) is 0.500. The van der Waals surface area contributed by atoms with Gasteiger partial charge in [-0.2, -0.15) is 0 Å². The third-order valence-corrected chi connectivity index (χ3v) is 7.72. The van der Waals surface area contributed by atoms with E-state index in [1.165, 1.54) is 25.7 Å². The third-order valence-electron chi connectivity index (χ3n) is 7.72. The molecule has 1 fully saturated rings. The minimum Gasteiger partial charge on any atom is -0.311 e. The third kappa shape index (κ3) is 8.30. The van der Waals surface area contributed by atoms with Crippen molar-refractivity contribution in [2.45, 2.75) is 105 Å². The second-order valence-electron chi connectivity index (χ2n) is 9.60. The molecule has 0 bridgehead atoms. The Morgan fingerprint density at radius 1 is 0.464 bits per heavy atom. The van der Waals surface area contributed by atoms with Gasteiger partial charge in [0.1, 0.15) is 0 Å². The first-order valence-electron chi connectivity index (χ1n) is 12.3. The van der Waals surface area contributed by atoms with Gasteiger partial charge in [0.05, 0.1) is 0 Å². The second kappa shape index (κ2) is 14.0. The van der Waals surface area contributed by atoms with Crippen LogP contribution in [0.5, 0.6) is 0 Å². The molecule has 0 aromatic heterocycles. The molecule has 1 rings (SSSR count). The Hall–Kier alpha value is -0.160. The predicted octanol–water partition coefficient (Wildman–Crippen LogP) is 4.02. The van der Waals surface area contributed by atoms with Crippen molar-refractivity contribution in [3.8, 4) is 0 Å². The highest BCUT2D eigenvalue weighted by Crippen LogP contribution is 2.15. The maximum absolute atomic E-state index is 3.94. The Balaban J connectivity index is 2.98. The van der Waals surface area contributed by atoms with E-state index < -0.39 is 0 Å². The molecule has 0 aromatic rings. The van der Waals surface area contributed by atoms with Crippen LogP contribution < -0.4 is 21.3 Å². The van der Waals surface area contributed by atoms with Crippen molar-refractivity contribution in [2.24, 2.45) is 23.7 Å². The molecule has 1 aliphatic heterocycles. The van der Waals surface area contributed by atoms with Crippen LogP contribution in [0.1, 0.15) is 81.1 Å². The lowest BCUT2D eigenvalue weighted by Gasteiger charge is -2.36. The summed E-state index contributed by atoms with van der Waals surface area (Å²) in [4.78, 5) is 0. The molecule has 0 radical (unpaired) electrons. The molecule has 1 heterocycles. The lowest BCUT2D eigenvalue weighted by molar-refractivity contribution is 0.238. The van der Waals surface area contributed by atoms with Gasteiger partial charge >= 0.3 is 0 Å². The number of hydrogen-bond donors (Lipinski definition) is 4. The summed E-state index contributed by atoms with van der Waals surface area (Å²) < 4.78 is 0. The fraction of sp³-hybridized carbons (Fsp3) is 1.00. The van der Waals surface area contributed by atoms with Gasteiger partial charge in [0.25, 0.3) is 0 Å². The van der Waals surface area contributed by atoms with Crippen molar-refractivity contribution < 1.29 is 0 Å². The molecule has 4 heteroatoms. The summed E-state index contributed by atoms with van der Waals surface area (Å²) in [5.74, 6) is 2.75. The number of nitrogens with one attached hydrogen (secondary N) is 4. The fourth-order valence-corrected chi connectivity index (χ4v) is 4.15. The largest absolute Gasteiger partial charge is 0.311 e. The highest BCUT2D eigenvalue weighted by Gasteiger charge is 2.26. The summed E-state index contributed by atoms with van der Waals surface area (Å²) in [7, 11) is 0. The van der Waals surface area contributed by atoms with Crippen LogP contribution in [0.3, 0.4) is 0 Å². The zero-order valence-corrected chi connectivity index (χ0v) is 20.3. The molecule has 4 N–H and O–H groups in total. The van der Waals surface area contributed by atoms with E-state index in [2.05, 4.69) is 76.7 Å². The van der Waals surface area contributed by atoms with Crippen molar-refractivity contribution in [2.75, 3.05) is 26.2 Å². The Morgan fingerprint density at radius 3 is 0.786 bits per heavy atom. The molecule has 4 nitrogen and oxygen atoms in total. The van der Waals surface area contributed by atoms with E-state index >= 15 is 0 Å². The highest BCUT2D eigenvalue weighted by molar-refractivity contribution is 4.88. The summed E-state index contributed by atoms with van der Waals surface area (Å²) in [5.41, 5.74) is 0. The Kier molecular flexibility index (Phi) is 12.9. The Morgan fingerprint density at radius 2 is 0.643 bits per heavy atom. The number of rotatable bonds is 8. The van der Waals surface area contributed by atoms with Gasteiger partial charge in [0.2, 0.25) is 0 Å². The first-order chi connectivity index (χ1) is 13.4. The van der Waals surface area contributed by atoms with Gasteiger partial charge in [-0.25, -0.2) is 0 Å². The van der Waals surface area contributed by atoms with Gasteiger partial charge in [-0.3, -0.25) is 0 Å². The van der Waals surface area contributed by atoms with Crippen LogP contribution in [0.2, 0.25) is 0 Å². The molecule has 0 spiro atoms. The van der Waals surface area contributed by atoms with Gasteiger partial charge in [-0.1, -0.05) is 81.1 Å². The normalized spacial score (nSPS) is 32.6. The molecule has 168 valence electrons. The van der Waals surface area contributed by atoms with Crippen molar-refractivity contribution in [3.05, 3.63) is 0 Å². The van der Waals surface area contributed by atoms with Crippen LogP contribution in [0.4, 0.5) is 0 Å². The fourth-order valence-electron chi connectivity index (χ4n) is 4.15. The topological polar surface area (TPSA) is 48.1 Å². The average molecular weight is 397 g/mol. The maximum Gasteiger partial charge on any atom is 0.0218 e. The molecule has 0 unspecified atom stereocenters. The predicted molar refractivity (Wildman–Crippen MR) is 125 cm³/mol. The van der Waals surface area contributed by atoms with Crippen LogP contribution in [-0.4, -0.2) is 50.3 Å². The molecule has 0 amide bonds. The smallest absolute Gasteiger partial charge is 0.0218 e. The minimum atomic E-state index is 0.537. The van der Waals surface area contributed by atoms with Crippen LogP contribution in [0.15, 0.2) is 0 Å². The molecule has 0 saturated carbocycles. The summed E-state index contributed by atoms with van der Waals surface area (Å²) in [6.45, 7) is 23.1. The summed E-state index contributed by atoms with van der Waals surface area (Å²) in [5, 5.41) is 15.8. The first-order valence-corrected chi connectivity index (χ1v) is 12.3. The molecular weight excluding hydrogens is 344 g/mol. The van der Waals surface area contributed by atoms with Crippen molar-refractivity contribution in [1.29, 1.82) is 0 Å². The maximum atomic E-state index is 3.94. The first kappa shape index (κ1) is 25.9. The molecule has 8 atom stereocenters. The average Bonchev–Trinajstić information content (AvgIpc) is 2.71. The van der Waals surface area contributed by atoms with Crippen molar-refractivity contribution >= 4 is 0 Å². The molecule has 1 aliphatic rings. The van der Waals surface area contributed by atoms with Crippen molar-refractivity contribution in [3.63, 3.8) is 0 Å². The SMILES string of the molecule is CC[C@@H](C)[C@@H]1CN[C@H]([C@H](C)CC)CN[C@H]([C@H](C)CC)CN[C@H]([C@H](C)CC)CN1. The van der Waals surface area contributed by atoms with E-state index in [-0.39, 0.29) is 0 Å². The van der Waals surface area contributed by atoms with Crippen LogP contribution in [-0.2, 0) is 0 Å². The van der Waals surface area contributed by atoms with Gasteiger partial charge in [0.15, 0.2) is 0 Å². The standard InChI is InChI=1S/C24H52N4/c1-9-17(5)21-13-26-23(19(7)11-3)15-28-24(20(8)12-4)16-27-22(14-25-21)18(6)10-2/h17-28H,9-16H2,1-8H3/t17-,18-,19-,20-,21+,22+,23+,24+/m1/s1. The van der Waals surface area contributed by atoms with E-state index in [1.807, 2.05) is 0 Å². The summed E-state index contributed by atoms with van der Waals surface area (Å²) in [6, 6.07) is 2.15. The molecule has 28 heavy (non-hydrogen) atoms. The zero-order valence-electron chi connectivity index (χ0n) is 20.3. The highest BCUT2D eigenvalue weighted by atomic mass is 15.1. The van der Waals surface area contributed by atoms with E-state index in [9.17, 15) is 0 Å². The number of hydrogen-bond acceptors (Lipinski definition) is 4. The van der Waals surface area contributed by atoms with Crippen LogP contribution in [0.25, 0.3) is 0 Å². The van der Waals surface area contributed by atoms with E-state index in [4.69, 9.17) is 0 Å². The molecule has 0 aromatic carbocycles. The molecule has 1 saturated heterocycles. The lowest BCUT2D eigenvalue weighted by atomic mass is 9.92. The minimum absolute atomic E-state index is 0.537. The van der Waals surface area contributed by atoms with E-state index in [0.717, 1.165) is 26.2 Å². The molecular formula is C24H52N4. The van der Waals surface area contributed by atoms with Gasteiger partial charge in [0, 0.05) is 50.3 Å². The van der Waals surface area contributed by atoms with Gasteiger partial charge < -0.3 is 21.3 Å². The van der Waals surface area contributed by atoms with Crippen LogP contribution in [0, 0.1) is 23.7 Å². The second-order valence-corrected chi connectivity index (χ2v) is 9.60. The molecule has 0 aliphatic carbocycles.